The van der Waals surface area contributed by atoms with Gasteiger partial charge in [-0.15, -0.1) is 0 Å². The molecular weight excluding hydrogens is 226 g/mol. The van der Waals surface area contributed by atoms with Crippen LogP contribution in [0.2, 0.25) is 5.02 Å². The maximum absolute atomic E-state index is 11.2. The summed E-state index contributed by atoms with van der Waals surface area (Å²) in [6, 6.07) is 6.44. The number of aliphatic carboxylic acids is 1. The van der Waals surface area contributed by atoms with Crippen molar-refractivity contribution in [3.8, 4) is 0 Å². The summed E-state index contributed by atoms with van der Waals surface area (Å²) in [5.41, 5.74) is 0.261. The van der Waals surface area contributed by atoms with Crippen molar-refractivity contribution >= 4 is 23.3 Å². The summed E-state index contributed by atoms with van der Waals surface area (Å²) in [5, 5.41) is 12.6. The van der Waals surface area contributed by atoms with Gasteiger partial charge in [0.2, 0.25) is 0 Å². The Morgan fingerprint density at radius 3 is 2.38 bits per heavy atom. The molecule has 0 aromatic heterocycles. The molecule has 0 radical (unpaired) electrons. The minimum atomic E-state index is -0.882. The summed E-state index contributed by atoms with van der Waals surface area (Å²) in [6.45, 7) is 5.61. The molecule has 1 atom stereocenters. The number of rotatable bonds is 3. The van der Waals surface area contributed by atoms with E-state index < -0.39 is 12.0 Å². The van der Waals surface area contributed by atoms with E-state index in [-0.39, 0.29) is 5.41 Å². The van der Waals surface area contributed by atoms with Crippen LogP contribution in [0.25, 0.3) is 0 Å². The largest absolute Gasteiger partial charge is 0.480 e. The van der Waals surface area contributed by atoms with E-state index in [1.165, 1.54) is 0 Å². The van der Waals surface area contributed by atoms with Crippen LogP contribution in [0, 0.1) is 5.41 Å². The van der Waals surface area contributed by atoms with Gasteiger partial charge in [-0.2, -0.15) is 0 Å². The first-order chi connectivity index (χ1) is 7.32. The van der Waals surface area contributed by atoms with Gasteiger partial charge in [-0.25, -0.2) is 4.79 Å². The van der Waals surface area contributed by atoms with E-state index in [0.29, 0.717) is 10.7 Å². The SMILES string of the molecule is CC(C)(C)C(Nc1ccccc1Cl)C(=O)O. The molecule has 3 nitrogen and oxygen atoms in total. The fraction of sp³-hybridized carbons (Fsp3) is 0.417. The summed E-state index contributed by atoms with van der Waals surface area (Å²) in [6.07, 6.45) is 0. The standard InChI is InChI=1S/C12H16ClNO2/c1-12(2,3)10(11(15)16)14-9-7-5-4-6-8(9)13/h4-7,10,14H,1-3H3,(H,15,16). The van der Waals surface area contributed by atoms with Crippen LogP contribution < -0.4 is 5.32 Å². The van der Waals surface area contributed by atoms with Crippen LogP contribution in [0.3, 0.4) is 0 Å². The van der Waals surface area contributed by atoms with Crippen LogP contribution in [0.15, 0.2) is 24.3 Å². The van der Waals surface area contributed by atoms with Gasteiger partial charge in [0.05, 0.1) is 10.7 Å². The zero-order chi connectivity index (χ0) is 12.3. The topological polar surface area (TPSA) is 49.3 Å². The second kappa shape index (κ2) is 4.74. The van der Waals surface area contributed by atoms with Crippen LogP contribution in [0.5, 0.6) is 0 Å². The minimum Gasteiger partial charge on any atom is -0.480 e. The molecule has 2 N–H and O–H groups in total. The Balaban J connectivity index is 2.94. The van der Waals surface area contributed by atoms with Gasteiger partial charge < -0.3 is 10.4 Å². The van der Waals surface area contributed by atoms with Crippen LogP contribution in [0.1, 0.15) is 20.8 Å². The zero-order valence-electron chi connectivity index (χ0n) is 9.62. The van der Waals surface area contributed by atoms with Crippen molar-refractivity contribution in [1.29, 1.82) is 0 Å². The number of carboxylic acids is 1. The molecule has 0 aliphatic rings. The lowest BCUT2D eigenvalue weighted by molar-refractivity contribution is -0.140. The number of halogens is 1. The molecule has 1 unspecified atom stereocenters. The smallest absolute Gasteiger partial charge is 0.326 e. The van der Waals surface area contributed by atoms with Crippen molar-refractivity contribution in [3.05, 3.63) is 29.3 Å². The number of carboxylic acid groups (broad SMARTS) is 1. The first-order valence-electron chi connectivity index (χ1n) is 5.06. The molecule has 0 aliphatic carbocycles. The molecule has 88 valence electrons. The summed E-state index contributed by atoms with van der Waals surface area (Å²) in [4.78, 5) is 11.2. The molecule has 0 heterocycles. The number of anilines is 1. The second-order valence-corrected chi connectivity index (χ2v) is 5.17. The Hall–Kier alpha value is -1.22. The lowest BCUT2D eigenvalue weighted by atomic mass is 9.86. The highest BCUT2D eigenvalue weighted by Crippen LogP contribution is 2.27. The van der Waals surface area contributed by atoms with E-state index in [4.69, 9.17) is 16.7 Å². The molecule has 0 saturated carbocycles. The fourth-order valence-electron chi connectivity index (χ4n) is 1.38. The predicted octanol–water partition coefficient (Wildman–Crippen LogP) is 3.25. The minimum absolute atomic E-state index is 0.384. The molecule has 0 fully saturated rings. The van der Waals surface area contributed by atoms with Crippen molar-refractivity contribution in [3.63, 3.8) is 0 Å². The molecule has 0 saturated heterocycles. The van der Waals surface area contributed by atoms with Crippen molar-refractivity contribution < 1.29 is 9.90 Å². The summed E-state index contributed by atoms with van der Waals surface area (Å²) >= 11 is 5.97. The third kappa shape index (κ3) is 3.14. The number of carbonyl (C=O) groups is 1. The van der Waals surface area contributed by atoms with E-state index >= 15 is 0 Å². The van der Waals surface area contributed by atoms with Crippen LogP contribution in [-0.2, 0) is 4.79 Å². The molecule has 0 aliphatic heterocycles. The lowest BCUT2D eigenvalue weighted by Gasteiger charge is -2.28. The molecule has 1 aromatic carbocycles. The van der Waals surface area contributed by atoms with Crippen molar-refractivity contribution in [2.45, 2.75) is 26.8 Å². The van der Waals surface area contributed by atoms with Crippen LogP contribution in [-0.4, -0.2) is 17.1 Å². The van der Waals surface area contributed by atoms with E-state index in [1.54, 1.807) is 18.2 Å². The van der Waals surface area contributed by atoms with Gasteiger partial charge in [-0.05, 0) is 17.5 Å². The number of para-hydroxylation sites is 1. The van der Waals surface area contributed by atoms with Gasteiger partial charge >= 0.3 is 5.97 Å². The van der Waals surface area contributed by atoms with E-state index in [0.717, 1.165) is 0 Å². The third-order valence-corrected chi connectivity index (χ3v) is 2.62. The van der Waals surface area contributed by atoms with Crippen LogP contribution >= 0.6 is 11.6 Å². The molecule has 0 spiro atoms. The Labute approximate surface area is 100 Å². The highest BCUT2D eigenvalue weighted by molar-refractivity contribution is 6.33. The van der Waals surface area contributed by atoms with E-state index in [1.807, 2.05) is 26.8 Å². The number of benzene rings is 1. The lowest BCUT2D eigenvalue weighted by Crippen LogP contribution is -2.41. The number of hydrogen-bond donors (Lipinski definition) is 2. The monoisotopic (exact) mass is 241 g/mol. The fourth-order valence-corrected chi connectivity index (χ4v) is 1.57. The van der Waals surface area contributed by atoms with Gasteiger partial charge in [-0.1, -0.05) is 44.5 Å². The highest BCUT2D eigenvalue weighted by Gasteiger charge is 2.31. The molecule has 0 amide bonds. The Morgan fingerprint density at radius 1 is 1.38 bits per heavy atom. The quantitative estimate of drug-likeness (QED) is 0.854. The van der Waals surface area contributed by atoms with Gasteiger partial charge in [-0.3, -0.25) is 0 Å². The maximum Gasteiger partial charge on any atom is 0.326 e. The number of hydrogen-bond acceptors (Lipinski definition) is 2. The zero-order valence-corrected chi connectivity index (χ0v) is 10.4. The average Bonchev–Trinajstić information content (AvgIpc) is 2.14. The van der Waals surface area contributed by atoms with Gasteiger partial charge in [0.25, 0.3) is 0 Å². The van der Waals surface area contributed by atoms with Crippen molar-refractivity contribution in [1.82, 2.24) is 0 Å². The van der Waals surface area contributed by atoms with Gasteiger partial charge in [0.1, 0.15) is 6.04 Å². The Kier molecular flexibility index (Phi) is 3.81. The normalized spacial score (nSPS) is 13.2. The predicted molar refractivity (Wildman–Crippen MR) is 66.0 cm³/mol. The highest BCUT2D eigenvalue weighted by atomic mass is 35.5. The number of nitrogens with one attached hydrogen (secondary N) is 1. The third-order valence-electron chi connectivity index (χ3n) is 2.29. The van der Waals surface area contributed by atoms with E-state index in [9.17, 15) is 4.79 Å². The first kappa shape index (κ1) is 12.8. The van der Waals surface area contributed by atoms with Crippen molar-refractivity contribution in [2.24, 2.45) is 5.41 Å². The van der Waals surface area contributed by atoms with Crippen LogP contribution in [0.4, 0.5) is 5.69 Å². The summed E-state index contributed by atoms with van der Waals surface area (Å²) < 4.78 is 0. The molecule has 16 heavy (non-hydrogen) atoms. The van der Waals surface area contributed by atoms with Crippen molar-refractivity contribution in [2.75, 3.05) is 5.32 Å². The summed E-state index contributed by atoms with van der Waals surface area (Å²) in [5.74, 6) is -0.882. The molecular formula is C12H16ClNO2. The van der Waals surface area contributed by atoms with E-state index in [2.05, 4.69) is 5.32 Å². The summed E-state index contributed by atoms with van der Waals surface area (Å²) in [7, 11) is 0. The molecule has 4 heteroatoms. The average molecular weight is 242 g/mol. The first-order valence-corrected chi connectivity index (χ1v) is 5.44. The molecule has 0 bridgehead atoms. The maximum atomic E-state index is 11.2. The van der Waals surface area contributed by atoms with Gasteiger partial charge in [0.15, 0.2) is 0 Å². The Bertz CT molecular complexity index is 385. The molecule has 1 rings (SSSR count). The Morgan fingerprint density at radius 2 is 1.94 bits per heavy atom. The second-order valence-electron chi connectivity index (χ2n) is 4.76. The van der Waals surface area contributed by atoms with Gasteiger partial charge in [0, 0.05) is 0 Å². The molecule has 1 aromatic rings.